The van der Waals surface area contributed by atoms with E-state index in [4.69, 9.17) is 9.52 Å². The number of carbonyl (C=O) groups is 1. The van der Waals surface area contributed by atoms with Crippen molar-refractivity contribution in [2.45, 2.75) is 12.8 Å². The van der Waals surface area contributed by atoms with Gasteiger partial charge in [0.2, 0.25) is 0 Å². The van der Waals surface area contributed by atoms with Crippen molar-refractivity contribution < 1.29 is 14.3 Å². The fourth-order valence-electron chi connectivity index (χ4n) is 1.49. The summed E-state index contributed by atoms with van der Waals surface area (Å²) in [5.41, 5.74) is 1.42. The standard InChI is InChI=1S/C11H9BrO3/c1-6(11(13)14)9-5-15-10-3-2-7(12)4-8(9)10/h2-6H,1H3,(H,13,14). The smallest absolute Gasteiger partial charge is 0.310 e. The van der Waals surface area contributed by atoms with Crippen molar-refractivity contribution >= 4 is 32.9 Å². The second-order valence-corrected chi connectivity index (χ2v) is 4.31. The van der Waals surface area contributed by atoms with Crippen LogP contribution < -0.4 is 0 Å². The molecule has 1 atom stereocenters. The van der Waals surface area contributed by atoms with Crippen LogP contribution in [-0.4, -0.2) is 11.1 Å². The van der Waals surface area contributed by atoms with Gasteiger partial charge >= 0.3 is 5.97 Å². The third-order valence-electron chi connectivity index (χ3n) is 2.40. The molecule has 1 unspecified atom stereocenters. The number of aliphatic carboxylic acids is 1. The molecule has 0 fully saturated rings. The number of carboxylic acids is 1. The molecule has 2 aromatic rings. The summed E-state index contributed by atoms with van der Waals surface area (Å²) in [7, 11) is 0. The van der Waals surface area contributed by atoms with Gasteiger partial charge in [0, 0.05) is 15.4 Å². The normalized spacial score (nSPS) is 12.9. The molecule has 3 nitrogen and oxygen atoms in total. The molecule has 0 aliphatic rings. The fraction of sp³-hybridized carbons (Fsp3) is 0.182. The molecule has 4 heteroatoms. The van der Waals surface area contributed by atoms with Crippen molar-refractivity contribution in [3.63, 3.8) is 0 Å². The van der Waals surface area contributed by atoms with E-state index in [0.29, 0.717) is 11.1 Å². The summed E-state index contributed by atoms with van der Waals surface area (Å²) in [5, 5.41) is 9.78. The van der Waals surface area contributed by atoms with E-state index < -0.39 is 11.9 Å². The molecule has 0 bridgehead atoms. The van der Waals surface area contributed by atoms with E-state index in [0.717, 1.165) is 9.86 Å². The molecule has 1 heterocycles. The number of fused-ring (bicyclic) bond motifs is 1. The second-order valence-electron chi connectivity index (χ2n) is 3.39. The van der Waals surface area contributed by atoms with E-state index >= 15 is 0 Å². The van der Waals surface area contributed by atoms with Crippen molar-refractivity contribution in [2.75, 3.05) is 0 Å². The summed E-state index contributed by atoms with van der Waals surface area (Å²) in [6, 6.07) is 5.55. The van der Waals surface area contributed by atoms with Gasteiger partial charge in [-0.05, 0) is 25.1 Å². The minimum absolute atomic E-state index is 0.555. The molecule has 0 spiro atoms. The van der Waals surface area contributed by atoms with Crippen molar-refractivity contribution in [3.8, 4) is 0 Å². The number of furan rings is 1. The van der Waals surface area contributed by atoms with Crippen molar-refractivity contribution in [1.82, 2.24) is 0 Å². The summed E-state index contributed by atoms with van der Waals surface area (Å²) in [5.74, 6) is -1.40. The molecule has 1 N–H and O–H groups in total. The highest BCUT2D eigenvalue weighted by atomic mass is 79.9. The van der Waals surface area contributed by atoms with E-state index in [2.05, 4.69) is 15.9 Å². The molecule has 0 amide bonds. The lowest BCUT2D eigenvalue weighted by Crippen LogP contribution is -2.06. The topological polar surface area (TPSA) is 50.4 Å². The van der Waals surface area contributed by atoms with Crippen LogP contribution in [0.3, 0.4) is 0 Å². The zero-order valence-corrected chi connectivity index (χ0v) is 9.61. The SMILES string of the molecule is CC(C(=O)O)c1coc2ccc(Br)cc12. The van der Waals surface area contributed by atoms with Gasteiger partial charge in [0.1, 0.15) is 5.58 Å². The van der Waals surface area contributed by atoms with Gasteiger partial charge in [-0.15, -0.1) is 0 Å². The van der Waals surface area contributed by atoms with Crippen LogP contribution in [0.4, 0.5) is 0 Å². The van der Waals surface area contributed by atoms with Crippen LogP contribution in [0.1, 0.15) is 18.4 Å². The highest BCUT2D eigenvalue weighted by Gasteiger charge is 2.18. The monoisotopic (exact) mass is 268 g/mol. The average Bonchev–Trinajstić information content (AvgIpc) is 2.59. The fourth-order valence-corrected chi connectivity index (χ4v) is 1.85. The Morgan fingerprint density at radius 1 is 1.53 bits per heavy atom. The average molecular weight is 269 g/mol. The predicted octanol–water partition coefficient (Wildman–Crippen LogP) is 3.38. The predicted molar refractivity (Wildman–Crippen MR) is 60.0 cm³/mol. The Morgan fingerprint density at radius 3 is 2.93 bits per heavy atom. The van der Waals surface area contributed by atoms with Gasteiger partial charge in [-0.3, -0.25) is 4.79 Å². The highest BCUT2D eigenvalue weighted by molar-refractivity contribution is 9.10. The van der Waals surface area contributed by atoms with Gasteiger partial charge in [-0.1, -0.05) is 15.9 Å². The van der Waals surface area contributed by atoms with Crippen LogP contribution in [0.25, 0.3) is 11.0 Å². The maximum absolute atomic E-state index is 10.9. The minimum atomic E-state index is -0.849. The molecule has 0 saturated heterocycles. The lowest BCUT2D eigenvalue weighted by atomic mass is 10.0. The molecular formula is C11H9BrO3. The lowest BCUT2D eigenvalue weighted by molar-refractivity contribution is -0.138. The Labute approximate surface area is 94.8 Å². The molecule has 1 aromatic carbocycles. The van der Waals surface area contributed by atoms with Gasteiger partial charge in [0.15, 0.2) is 0 Å². The van der Waals surface area contributed by atoms with Gasteiger partial charge in [0.05, 0.1) is 12.2 Å². The number of hydrogen-bond acceptors (Lipinski definition) is 2. The summed E-state index contributed by atoms with van der Waals surface area (Å²) in [6.07, 6.45) is 1.51. The van der Waals surface area contributed by atoms with Gasteiger partial charge < -0.3 is 9.52 Å². The van der Waals surface area contributed by atoms with E-state index in [1.165, 1.54) is 6.26 Å². The first kappa shape index (κ1) is 10.2. The van der Waals surface area contributed by atoms with Crippen molar-refractivity contribution in [2.24, 2.45) is 0 Å². The minimum Gasteiger partial charge on any atom is -0.481 e. The highest BCUT2D eigenvalue weighted by Crippen LogP contribution is 2.29. The summed E-state index contributed by atoms with van der Waals surface area (Å²) >= 11 is 3.35. The van der Waals surface area contributed by atoms with Gasteiger partial charge in [0.25, 0.3) is 0 Å². The van der Waals surface area contributed by atoms with Crippen molar-refractivity contribution in [3.05, 3.63) is 34.5 Å². The van der Waals surface area contributed by atoms with Crippen LogP contribution >= 0.6 is 15.9 Å². The molecule has 0 radical (unpaired) electrons. The molecule has 15 heavy (non-hydrogen) atoms. The first-order chi connectivity index (χ1) is 7.09. The Morgan fingerprint density at radius 2 is 2.27 bits per heavy atom. The zero-order valence-electron chi connectivity index (χ0n) is 8.03. The summed E-state index contributed by atoms with van der Waals surface area (Å²) in [6.45, 7) is 1.65. The molecule has 0 aliphatic carbocycles. The quantitative estimate of drug-likeness (QED) is 0.909. The number of carboxylic acid groups (broad SMARTS) is 1. The number of hydrogen-bond donors (Lipinski definition) is 1. The summed E-state index contributed by atoms with van der Waals surface area (Å²) < 4.78 is 6.20. The van der Waals surface area contributed by atoms with E-state index in [9.17, 15) is 4.79 Å². The van der Waals surface area contributed by atoms with Crippen LogP contribution in [0, 0.1) is 0 Å². The van der Waals surface area contributed by atoms with Crippen LogP contribution in [0.15, 0.2) is 33.4 Å². The molecule has 0 aliphatic heterocycles. The van der Waals surface area contributed by atoms with Gasteiger partial charge in [-0.25, -0.2) is 0 Å². The zero-order chi connectivity index (χ0) is 11.0. The van der Waals surface area contributed by atoms with Crippen molar-refractivity contribution in [1.29, 1.82) is 0 Å². The largest absolute Gasteiger partial charge is 0.481 e. The molecule has 78 valence electrons. The van der Waals surface area contributed by atoms with E-state index in [-0.39, 0.29) is 0 Å². The molecule has 2 rings (SSSR count). The maximum Gasteiger partial charge on any atom is 0.310 e. The van der Waals surface area contributed by atoms with Gasteiger partial charge in [-0.2, -0.15) is 0 Å². The Bertz CT molecular complexity index is 516. The lowest BCUT2D eigenvalue weighted by Gasteiger charge is -2.02. The Hall–Kier alpha value is -1.29. The first-order valence-electron chi connectivity index (χ1n) is 4.49. The third kappa shape index (κ3) is 1.77. The van der Waals surface area contributed by atoms with Crippen LogP contribution in [0.2, 0.25) is 0 Å². The second kappa shape index (κ2) is 3.70. The first-order valence-corrected chi connectivity index (χ1v) is 5.28. The van der Waals surface area contributed by atoms with E-state index in [1.54, 1.807) is 6.92 Å². The van der Waals surface area contributed by atoms with Crippen LogP contribution in [-0.2, 0) is 4.79 Å². The van der Waals surface area contributed by atoms with E-state index in [1.807, 2.05) is 18.2 Å². The molecule has 1 aromatic heterocycles. The summed E-state index contributed by atoms with van der Waals surface area (Å²) in [4.78, 5) is 10.9. The molecule has 0 saturated carbocycles. The maximum atomic E-state index is 10.9. The number of benzene rings is 1. The van der Waals surface area contributed by atoms with Crippen LogP contribution in [0.5, 0.6) is 0 Å². The molecular weight excluding hydrogens is 260 g/mol. The third-order valence-corrected chi connectivity index (χ3v) is 2.90. The Balaban J connectivity index is 2.61. The number of halogens is 1. The number of rotatable bonds is 2. The Kier molecular flexibility index (Phi) is 2.52.